The summed E-state index contributed by atoms with van der Waals surface area (Å²) in [5.74, 6) is 0.155. The van der Waals surface area contributed by atoms with E-state index in [0.717, 1.165) is 57.8 Å². The van der Waals surface area contributed by atoms with Gasteiger partial charge in [-0.3, -0.25) is 9.69 Å². The number of rotatable bonds is 6. The second kappa shape index (κ2) is 9.56. The first kappa shape index (κ1) is 19.4. The maximum absolute atomic E-state index is 12.9. The van der Waals surface area contributed by atoms with Crippen LogP contribution < -0.4 is 4.90 Å². The van der Waals surface area contributed by atoms with E-state index in [4.69, 9.17) is 0 Å². The van der Waals surface area contributed by atoms with Gasteiger partial charge in [-0.2, -0.15) is 0 Å². The van der Waals surface area contributed by atoms with E-state index in [1.54, 1.807) is 0 Å². The number of hydrogen-bond donors (Lipinski definition) is 0. The van der Waals surface area contributed by atoms with E-state index in [9.17, 15) is 4.79 Å². The molecule has 1 amide bonds. The lowest BCUT2D eigenvalue weighted by Gasteiger charge is -2.23. The first-order chi connectivity index (χ1) is 13.2. The quantitative estimate of drug-likeness (QED) is 0.777. The van der Waals surface area contributed by atoms with Gasteiger partial charge in [-0.1, -0.05) is 30.3 Å². The molecule has 0 aromatic heterocycles. The number of nitrogens with zero attached hydrogens (tertiary/aromatic N) is 3. The second-order valence-corrected chi connectivity index (χ2v) is 7.13. The van der Waals surface area contributed by atoms with Crippen LogP contribution in [0.2, 0.25) is 0 Å². The smallest absolute Gasteiger partial charge is 0.253 e. The molecule has 0 atom stereocenters. The molecule has 1 heterocycles. The van der Waals surface area contributed by atoms with Crippen molar-refractivity contribution in [2.75, 3.05) is 44.2 Å². The topological polar surface area (TPSA) is 26.8 Å². The van der Waals surface area contributed by atoms with Crippen molar-refractivity contribution in [3.8, 4) is 0 Å². The molecular formula is C23H31N3O. The van der Waals surface area contributed by atoms with Crippen LogP contribution in [-0.2, 0) is 6.54 Å². The van der Waals surface area contributed by atoms with Crippen molar-refractivity contribution in [1.29, 1.82) is 0 Å². The van der Waals surface area contributed by atoms with Crippen molar-refractivity contribution in [3.63, 3.8) is 0 Å². The van der Waals surface area contributed by atoms with E-state index in [2.05, 4.69) is 66.1 Å². The zero-order valence-electron chi connectivity index (χ0n) is 16.6. The van der Waals surface area contributed by atoms with Crippen LogP contribution in [0.5, 0.6) is 0 Å². The van der Waals surface area contributed by atoms with Crippen molar-refractivity contribution in [1.82, 2.24) is 9.80 Å². The van der Waals surface area contributed by atoms with Crippen LogP contribution in [0.4, 0.5) is 5.69 Å². The number of hydrogen-bond acceptors (Lipinski definition) is 3. The Kier molecular flexibility index (Phi) is 6.88. The molecule has 4 nitrogen and oxygen atoms in total. The SMILES string of the molecule is CCN(CC)c1ccc(C(=O)N2CCCN(Cc3ccccc3)CC2)cc1. The van der Waals surface area contributed by atoms with Crippen molar-refractivity contribution >= 4 is 11.6 Å². The first-order valence-electron chi connectivity index (χ1n) is 10.1. The van der Waals surface area contributed by atoms with Gasteiger partial charge in [0.25, 0.3) is 5.91 Å². The second-order valence-electron chi connectivity index (χ2n) is 7.13. The van der Waals surface area contributed by atoms with Crippen LogP contribution in [0.3, 0.4) is 0 Å². The summed E-state index contributed by atoms with van der Waals surface area (Å²) in [4.78, 5) is 19.7. The highest BCUT2D eigenvalue weighted by atomic mass is 16.2. The average molecular weight is 366 g/mol. The third-order valence-corrected chi connectivity index (χ3v) is 5.37. The molecule has 0 N–H and O–H groups in total. The van der Waals surface area contributed by atoms with Crippen molar-refractivity contribution in [2.45, 2.75) is 26.8 Å². The van der Waals surface area contributed by atoms with Crippen LogP contribution in [0.25, 0.3) is 0 Å². The number of carbonyl (C=O) groups is 1. The molecule has 0 radical (unpaired) electrons. The Bertz CT molecular complexity index is 710. The summed E-state index contributed by atoms with van der Waals surface area (Å²) < 4.78 is 0. The van der Waals surface area contributed by atoms with Crippen LogP contribution in [0, 0.1) is 0 Å². The van der Waals surface area contributed by atoms with E-state index in [0.29, 0.717) is 0 Å². The summed E-state index contributed by atoms with van der Waals surface area (Å²) in [5, 5.41) is 0. The molecule has 0 spiro atoms. The molecule has 27 heavy (non-hydrogen) atoms. The van der Waals surface area contributed by atoms with Gasteiger partial charge in [0.15, 0.2) is 0 Å². The normalized spacial score (nSPS) is 15.4. The molecule has 4 heteroatoms. The lowest BCUT2D eigenvalue weighted by atomic mass is 10.1. The van der Waals surface area contributed by atoms with Gasteiger partial charge in [-0.15, -0.1) is 0 Å². The Labute approximate surface area is 163 Å². The third-order valence-electron chi connectivity index (χ3n) is 5.37. The third kappa shape index (κ3) is 5.10. The maximum Gasteiger partial charge on any atom is 0.253 e. The minimum atomic E-state index is 0.155. The Hall–Kier alpha value is -2.33. The standard InChI is InChI=1S/C23H31N3O/c1-3-25(4-2)22-13-11-21(12-14-22)23(27)26-16-8-15-24(17-18-26)19-20-9-6-5-7-10-20/h5-7,9-14H,3-4,8,15-19H2,1-2H3. The number of amides is 1. The molecule has 2 aromatic carbocycles. The lowest BCUT2D eigenvalue weighted by Crippen LogP contribution is -2.35. The largest absolute Gasteiger partial charge is 0.372 e. The van der Waals surface area contributed by atoms with Crippen LogP contribution in [0.1, 0.15) is 36.2 Å². The summed E-state index contributed by atoms with van der Waals surface area (Å²) in [5.41, 5.74) is 3.31. The van der Waals surface area contributed by atoms with Gasteiger partial charge >= 0.3 is 0 Å². The van der Waals surface area contributed by atoms with E-state index in [-0.39, 0.29) is 5.91 Å². The van der Waals surface area contributed by atoms with Crippen molar-refractivity contribution < 1.29 is 4.79 Å². The highest BCUT2D eigenvalue weighted by Crippen LogP contribution is 2.17. The van der Waals surface area contributed by atoms with Crippen molar-refractivity contribution in [2.24, 2.45) is 0 Å². The van der Waals surface area contributed by atoms with Crippen LogP contribution in [0.15, 0.2) is 54.6 Å². The van der Waals surface area contributed by atoms with Gasteiger partial charge in [0.1, 0.15) is 0 Å². The molecule has 2 aromatic rings. The number of carbonyl (C=O) groups excluding carboxylic acids is 1. The highest BCUT2D eigenvalue weighted by Gasteiger charge is 2.20. The Balaban J connectivity index is 1.59. The summed E-state index contributed by atoms with van der Waals surface area (Å²) in [6.07, 6.45) is 1.02. The average Bonchev–Trinajstić information content (AvgIpc) is 2.95. The molecule has 1 aliphatic heterocycles. The minimum Gasteiger partial charge on any atom is -0.372 e. The molecule has 1 saturated heterocycles. The fraction of sp³-hybridized carbons (Fsp3) is 0.435. The molecule has 0 unspecified atom stereocenters. The van der Waals surface area contributed by atoms with Crippen LogP contribution in [-0.4, -0.2) is 55.0 Å². The van der Waals surface area contributed by atoms with Gasteiger partial charge in [-0.05, 0) is 50.1 Å². The van der Waals surface area contributed by atoms with Gasteiger partial charge in [0, 0.05) is 57.1 Å². The number of anilines is 1. The molecular weight excluding hydrogens is 334 g/mol. The fourth-order valence-corrected chi connectivity index (χ4v) is 3.76. The summed E-state index contributed by atoms with van der Waals surface area (Å²) in [7, 11) is 0. The van der Waals surface area contributed by atoms with Gasteiger partial charge < -0.3 is 9.80 Å². The summed E-state index contributed by atoms with van der Waals surface area (Å²) in [6.45, 7) is 10.8. The van der Waals surface area contributed by atoms with Crippen LogP contribution >= 0.6 is 0 Å². The maximum atomic E-state index is 12.9. The van der Waals surface area contributed by atoms with E-state index in [1.807, 2.05) is 17.0 Å². The first-order valence-corrected chi connectivity index (χ1v) is 10.1. The fourth-order valence-electron chi connectivity index (χ4n) is 3.76. The van der Waals surface area contributed by atoms with Crippen molar-refractivity contribution in [3.05, 3.63) is 65.7 Å². The molecule has 1 aliphatic rings. The van der Waals surface area contributed by atoms with E-state index < -0.39 is 0 Å². The minimum absolute atomic E-state index is 0.155. The lowest BCUT2D eigenvalue weighted by molar-refractivity contribution is 0.0761. The molecule has 1 fully saturated rings. The van der Waals surface area contributed by atoms with Gasteiger partial charge in [0.2, 0.25) is 0 Å². The molecule has 0 aliphatic carbocycles. The Morgan fingerprint density at radius 3 is 2.26 bits per heavy atom. The summed E-state index contributed by atoms with van der Waals surface area (Å²) in [6, 6.07) is 18.7. The predicted octanol–water partition coefficient (Wildman–Crippen LogP) is 3.88. The summed E-state index contributed by atoms with van der Waals surface area (Å²) >= 11 is 0. The predicted molar refractivity (Wildman–Crippen MR) is 112 cm³/mol. The van der Waals surface area contributed by atoms with E-state index >= 15 is 0 Å². The highest BCUT2D eigenvalue weighted by molar-refractivity contribution is 5.94. The number of benzene rings is 2. The molecule has 0 bridgehead atoms. The molecule has 0 saturated carbocycles. The van der Waals surface area contributed by atoms with E-state index in [1.165, 1.54) is 11.3 Å². The Morgan fingerprint density at radius 2 is 1.59 bits per heavy atom. The molecule has 3 rings (SSSR count). The Morgan fingerprint density at radius 1 is 0.889 bits per heavy atom. The zero-order valence-corrected chi connectivity index (χ0v) is 16.6. The molecule has 144 valence electrons. The zero-order chi connectivity index (χ0) is 19.1. The van der Waals surface area contributed by atoms with Gasteiger partial charge in [-0.25, -0.2) is 0 Å². The monoisotopic (exact) mass is 365 g/mol. The van der Waals surface area contributed by atoms with Gasteiger partial charge in [0.05, 0.1) is 0 Å².